The predicted molar refractivity (Wildman–Crippen MR) is 74.9 cm³/mol. The SMILES string of the molecule is Brc1cccc(CNc2ccc3c(c2)CCO3)n1. The Bertz CT molecular complexity index is 571. The average Bonchev–Trinajstić information content (AvgIpc) is 2.84. The van der Waals surface area contributed by atoms with Gasteiger partial charge in [-0.25, -0.2) is 4.98 Å². The molecule has 3 nitrogen and oxygen atoms in total. The molecule has 3 rings (SSSR count). The van der Waals surface area contributed by atoms with E-state index in [-0.39, 0.29) is 0 Å². The van der Waals surface area contributed by atoms with E-state index in [2.05, 4.69) is 32.3 Å². The normalized spacial score (nSPS) is 12.9. The number of hydrogen-bond acceptors (Lipinski definition) is 3. The lowest BCUT2D eigenvalue weighted by Gasteiger charge is -2.07. The Morgan fingerprint density at radius 3 is 3.11 bits per heavy atom. The van der Waals surface area contributed by atoms with Crippen molar-refractivity contribution in [3.63, 3.8) is 0 Å². The number of pyridine rings is 1. The minimum Gasteiger partial charge on any atom is -0.493 e. The number of fused-ring (bicyclic) bond motifs is 1. The highest BCUT2D eigenvalue weighted by molar-refractivity contribution is 9.10. The van der Waals surface area contributed by atoms with Gasteiger partial charge in [0.2, 0.25) is 0 Å². The average molecular weight is 305 g/mol. The van der Waals surface area contributed by atoms with Crippen LogP contribution in [0.4, 0.5) is 5.69 Å². The molecule has 0 saturated heterocycles. The molecule has 92 valence electrons. The largest absolute Gasteiger partial charge is 0.493 e. The standard InChI is InChI=1S/C14H13BrN2O/c15-14-3-1-2-12(17-14)9-16-11-4-5-13-10(8-11)6-7-18-13/h1-5,8,16H,6-7,9H2. The van der Waals surface area contributed by atoms with E-state index in [1.165, 1.54) is 5.56 Å². The molecule has 0 unspecified atom stereocenters. The van der Waals surface area contributed by atoms with E-state index < -0.39 is 0 Å². The lowest BCUT2D eigenvalue weighted by Crippen LogP contribution is -2.01. The van der Waals surface area contributed by atoms with Crippen molar-refractivity contribution < 1.29 is 4.74 Å². The lowest BCUT2D eigenvalue weighted by molar-refractivity contribution is 0.357. The molecule has 4 heteroatoms. The van der Waals surface area contributed by atoms with E-state index in [0.717, 1.165) is 41.3 Å². The molecule has 0 amide bonds. The quantitative estimate of drug-likeness (QED) is 0.883. The van der Waals surface area contributed by atoms with Crippen LogP contribution in [0.25, 0.3) is 0 Å². The summed E-state index contributed by atoms with van der Waals surface area (Å²) in [5.74, 6) is 1.01. The number of nitrogens with one attached hydrogen (secondary N) is 1. The molecule has 2 aromatic rings. The number of aromatic nitrogens is 1. The van der Waals surface area contributed by atoms with Crippen molar-refractivity contribution in [1.29, 1.82) is 0 Å². The summed E-state index contributed by atoms with van der Waals surface area (Å²) in [7, 11) is 0. The number of ether oxygens (including phenoxy) is 1. The summed E-state index contributed by atoms with van der Waals surface area (Å²) in [6, 6.07) is 12.1. The second-order valence-corrected chi connectivity index (χ2v) is 5.04. The first-order valence-electron chi connectivity index (χ1n) is 5.92. The van der Waals surface area contributed by atoms with Crippen LogP contribution < -0.4 is 10.1 Å². The molecule has 1 aromatic heterocycles. The molecule has 1 N–H and O–H groups in total. The van der Waals surface area contributed by atoms with Gasteiger partial charge in [0.15, 0.2) is 0 Å². The van der Waals surface area contributed by atoms with Crippen LogP contribution in [-0.2, 0) is 13.0 Å². The number of anilines is 1. The third kappa shape index (κ3) is 2.48. The molecule has 0 spiro atoms. The van der Waals surface area contributed by atoms with Crippen LogP contribution in [0, 0.1) is 0 Å². The van der Waals surface area contributed by atoms with Crippen molar-refractivity contribution in [2.24, 2.45) is 0 Å². The van der Waals surface area contributed by atoms with Crippen LogP contribution >= 0.6 is 15.9 Å². The molecule has 1 aliphatic rings. The Hall–Kier alpha value is -1.55. The number of hydrogen-bond donors (Lipinski definition) is 1. The van der Waals surface area contributed by atoms with Crippen LogP contribution in [-0.4, -0.2) is 11.6 Å². The topological polar surface area (TPSA) is 34.1 Å². The summed E-state index contributed by atoms with van der Waals surface area (Å²) in [4.78, 5) is 4.39. The molecule has 0 aliphatic carbocycles. The van der Waals surface area contributed by atoms with Crippen molar-refractivity contribution in [3.05, 3.63) is 52.3 Å². The Balaban J connectivity index is 1.70. The van der Waals surface area contributed by atoms with Gasteiger partial charge in [-0.2, -0.15) is 0 Å². The fraction of sp³-hybridized carbons (Fsp3) is 0.214. The molecule has 2 heterocycles. The maximum absolute atomic E-state index is 5.49. The summed E-state index contributed by atoms with van der Waals surface area (Å²) in [6.45, 7) is 1.52. The maximum atomic E-state index is 5.49. The molecule has 0 fully saturated rings. The van der Waals surface area contributed by atoms with Crippen molar-refractivity contribution in [2.45, 2.75) is 13.0 Å². The van der Waals surface area contributed by atoms with Gasteiger partial charge in [0, 0.05) is 12.1 Å². The molecule has 18 heavy (non-hydrogen) atoms. The van der Waals surface area contributed by atoms with Gasteiger partial charge in [0.05, 0.1) is 18.8 Å². The third-order valence-electron chi connectivity index (χ3n) is 2.94. The summed E-state index contributed by atoms with van der Waals surface area (Å²) in [5.41, 5.74) is 3.41. The minimum absolute atomic E-state index is 0.721. The van der Waals surface area contributed by atoms with Crippen LogP contribution in [0.3, 0.4) is 0 Å². The van der Waals surface area contributed by atoms with Gasteiger partial charge in [-0.15, -0.1) is 0 Å². The van der Waals surface area contributed by atoms with Gasteiger partial charge in [0.25, 0.3) is 0 Å². The molecule has 0 radical (unpaired) electrons. The highest BCUT2D eigenvalue weighted by Crippen LogP contribution is 2.27. The first kappa shape index (κ1) is 11.5. The Morgan fingerprint density at radius 1 is 1.28 bits per heavy atom. The van der Waals surface area contributed by atoms with Crippen LogP contribution in [0.15, 0.2) is 41.0 Å². The van der Waals surface area contributed by atoms with Gasteiger partial charge >= 0.3 is 0 Å². The summed E-state index contributed by atoms with van der Waals surface area (Å²) >= 11 is 3.37. The molecular formula is C14H13BrN2O. The van der Waals surface area contributed by atoms with E-state index in [1.54, 1.807) is 0 Å². The van der Waals surface area contributed by atoms with Gasteiger partial charge in [-0.1, -0.05) is 6.07 Å². The second kappa shape index (κ2) is 4.98. The van der Waals surface area contributed by atoms with Crippen molar-refractivity contribution in [1.82, 2.24) is 4.98 Å². The highest BCUT2D eigenvalue weighted by Gasteiger charge is 2.11. The maximum Gasteiger partial charge on any atom is 0.122 e. The number of rotatable bonds is 3. The van der Waals surface area contributed by atoms with Gasteiger partial charge < -0.3 is 10.1 Å². The Kier molecular flexibility index (Phi) is 3.19. The number of nitrogens with zero attached hydrogens (tertiary/aromatic N) is 1. The van der Waals surface area contributed by atoms with Gasteiger partial charge in [-0.05, 0) is 51.8 Å². The molecule has 0 saturated carbocycles. The highest BCUT2D eigenvalue weighted by atomic mass is 79.9. The third-order valence-corrected chi connectivity index (χ3v) is 3.38. The fourth-order valence-electron chi connectivity index (χ4n) is 2.04. The van der Waals surface area contributed by atoms with E-state index in [4.69, 9.17) is 4.74 Å². The fourth-order valence-corrected chi connectivity index (χ4v) is 2.42. The van der Waals surface area contributed by atoms with Crippen LogP contribution in [0.1, 0.15) is 11.3 Å². The van der Waals surface area contributed by atoms with Crippen LogP contribution in [0.5, 0.6) is 5.75 Å². The zero-order valence-electron chi connectivity index (χ0n) is 9.82. The molecule has 0 bridgehead atoms. The lowest BCUT2D eigenvalue weighted by atomic mass is 10.1. The smallest absolute Gasteiger partial charge is 0.122 e. The predicted octanol–water partition coefficient (Wildman–Crippen LogP) is 3.39. The van der Waals surface area contributed by atoms with Crippen molar-refractivity contribution in [3.8, 4) is 5.75 Å². The molecule has 0 atom stereocenters. The summed E-state index contributed by atoms with van der Waals surface area (Å²) in [5, 5.41) is 3.38. The summed E-state index contributed by atoms with van der Waals surface area (Å²) < 4.78 is 6.35. The van der Waals surface area contributed by atoms with E-state index in [9.17, 15) is 0 Å². The zero-order valence-corrected chi connectivity index (χ0v) is 11.4. The minimum atomic E-state index is 0.721. The summed E-state index contributed by atoms with van der Waals surface area (Å²) in [6.07, 6.45) is 1.000. The molecule has 1 aliphatic heterocycles. The Labute approximate surface area is 114 Å². The van der Waals surface area contributed by atoms with Gasteiger partial charge in [0.1, 0.15) is 10.4 Å². The van der Waals surface area contributed by atoms with Crippen molar-refractivity contribution in [2.75, 3.05) is 11.9 Å². The molecule has 1 aromatic carbocycles. The number of halogens is 1. The second-order valence-electron chi connectivity index (χ2n) is 4.23. The first-order valence-corrected chi connectivity index (χ1v) is 6.71. The Morgan fingerprint density at radius 2 is 2.22 bits per heavy atom. The van der Waals surface area contributed by atoms with E-state index in [0.29, 0.717) is 0 Å². The molecular weight excluding hydrogens is 292 g/mol. The first-order chi connectivity index (χ1) is 8.81. The van der Waals surface area contributed by atoms with Crippen molar-refractivity contribution >= 4 is 21.6 Å². The van der Waals surface area contributed by atoms with E-state index >= 15 is 0 Å². The van der Waals surface area contributed by atoms with E-state index in [1.807, 2.05) is 30.3 Å². The van der Waals surface area contributed by atoms with Gasteiger partial charge in [-0.3, -0.25) is 0 Å². The monoisotopic (exact) mass is 304 g/mol. The zero-order chi connectivity index (χ0) is 12.4. The van der Waals surface area contributed by atoms with Crippen LogP contribution in [0.2, 0.25) is 0 Å². The number of benzene rings is 1.